The molecule has 2 rings (SSSR count). The molecule has 0 radical (unpaired) electrons. The Kier molecular flexibility index (Phi) is 3.47. The van der Waals surface area contributed by atoms with Crippen molar-refractivity contribution in [1.29, 1.82) is 0 Å². The molecule has 18 heavy (non-hydrogen) atoms. The minimum Gasteiger partial charge on any atom is -0.478 e. The maximum absolute atomic E-state index is 11.0. The summed E-state index contributed by atoms with van der Waals surface area (Å²) in [6, 6.07) is 1.46. The van der Waals surface area contributed by atoms with Crippen LogP contribution in [-0.2, 0) is 0 Å². The van der Waals surface area contributed by atoms with E-state index in [1.807, 2.05) is 0 Å². The molecule has 0 aromatic carbocycles. The molecule has 0 spiro atoms. The maximum atomic E-state index is 11.0. The van der Waals surface area contributed by atoms with E-state index < -0.39 is 5.97 Å². The molecule has 0 saturated heterocycles. The van der Waals surface area contributed by atoms with Crippen LogP contribution in [0.1, 0.15) is 29.6 Å². The summed E-state index contributed by atoms with van der Waals surface area (Å²) >= 11 is 0. The Morgan fingerprint density at radius 1 is 1.56 bits per heavy atom. The van der Waals surface area contributed by atoms with E-state index in [9.17, 15) is 4.79 Å². The lowest BCUT2D eigenvalue weighted by molar-refractivity contribution is 0.0692. The van der Waals surface area contributed by atoms with Crippen LogP contribution in [0, 0.1) is 0 Å². The predicted octanol–water partition coefficient (Wildman–Crippen LogP) is 1.07. The summed E-state index contributed by atoms with van der Waals surface area (Å²) in [6.45, 7) is 0.693. The number of carboxylic acid groups (broad SMARTS) is 1. The molecule has 98 valence electrons. The Morgan fingerprint density at radius 2 is 2.28 bits per heavy atom. The molecular formula is C12H18N4O2. The van der Waals surface area contributed by atoms with Crippen LogP contribution in [-0.4, -0.2) is 52.4 Å². The molecule has 6 heteroatoms. The standard InChI is InChI=1S/C12H18N4O2/c1-16(2)12(5-3-6-12)8-13-10-9(11(17)18)4-7-14-15-10/h4,7H,3,5-6,8H2,1-2H3,(H,13,15)(H,17,18). The molecule has 1 saturated carbocycles. The number of likely N-dealkylation sites (N-methyl/N-ethyl adjacent to an activating group) is 1. The normalized spacial score (nSPS) is 17.3. The van der Waals surface area contributed by atoms with Gasteiger partial charge in [-0.3, -0.25) is 0 Å². The van der Waals surface area contributed by atoms with E-state index in [1.54, 1.807) is 0 Å². The number of aromatic nitrogens is 2. The fraction of sp³-hybridized carbons (Fsp3) is 0.583. The van der Waals surface area contributed by atoms with Crippen molar-refractivity contribution in [2.75, 3.05) is 26.0 Å². The van der Waals surface area contributed by atoms with Gasteiger partial charge in [-0.2, -0.15) is 5.10 Å². The van der Waals surface area contributed by atoms with E-state index in [1.165, 1.54) is 18.7 Å². The van der Waals surface area contributed by atoms with E-state index in [0.717, 1.165) is 12.8 Å². The van der Waals surface area contributed by atoms with Gasteiger partial charge < -0.3 is 15.3 Å². The zero-order valence-corrected chi connectivity index (χ0v) is 10.7. The van der Waals surface area contributed by atoms with Crippen molar-refractivity contribution in [2.24, 2.45) is 0 Å². The third kappa shape index (κ3) is 2.28. The molecule has 0 aliphatic heterocycles. The molecule has 1 heterocycles. The number of carbonyl (C=O) groups is 1. The van der Waals surface area contributed by atoms with Crippen molar-refractivity contribution in [3.05, 3.63) is 17.8 Å². The second-order valence-corrected chi connectivity index (χ2v) is 4.92. The van der Waals surface area contributed by atoms with E-state index in [-0.39, 0.29) is 11.1 Å². The van der Waals surface area contributed by atoms with Gasteiger partial charge in [-0.1, -0.05) is 0 Å². The molecule has 2 N–H and O–H groups in total. The van der Waals surface area contributed by atoms with Gasteiger partial charge in [0.2, 0.25) is 0 Å². The van der Waals surface area contributed by atoms with Gasteiger partial charge in [0.25, 0.3) is 0 Å². The zero-order chi connectivity index (χ0) is 13.2. The molecule has 6 nitrogen and oxygen atoms in total. The first-order valence-corrected chi connectivity index (χ1v) is 6.01. The van der Waals surface area contributed by atoms with Crippen molar-refractivity contribution in [3.63, 3.8) is 0 Å². The Labute approximate surface area is 106 Å². The lowest BCUT2D eigenvalue weighted by Crippen LogP contribution is -2.54. The number of aromatic carboxylic acids is 1. The summed E-state index contributed by atoms with van der Waals surface area (Å²) in [4.78, 5) is 13.2. The number of nitrogens with one attached hydrogen (secondary N) is 1. The zero-order valence-electron chi connectivity index (χ0n) is 10.7. The number of hydrogen-bond donors (Lipinski definition) is 2. The van der Waals surface area contributed by atoms with Gasteiger partial charge in [0, 0.05) is 12.1 Å². The van der Waals surface area contributed by atoms with Gasteiger partial charge in [0.15, 0.2) is 5.82 Å². The molecule has 1 fully saturated rings. The van der Waals surface area contributed by atoms with Crippen molar-refractivity contribution in [1.82, 2.24) is 15.1 Å². The van der Waals surface area contributed by atoms with Gasteiger partial charge >= 0.3 is 5.97 Å². The topological polar surface area (TPSA) is 78.3 Å². The Hall–Kier alpha value is -1.69. The minimum absolute atomic E-state index is 0.118. The largest absolute Gasteiger partial charge is 0.478 e. The molecule has 1 aromatic heterocycles. The fourth-order valence-corrected chi connectivity index (χ4v) is 2.25. The van der Waals surface area contributed by atoms with E-state index in [0.29, 0.717) is 12.4 Å². The first-order chi connectivity index (χ1) is 8.55. The minimum atomic E-state index is -0.986. The lowest BCUT2D eigenvalue weighted by Gasteiger charge is -2.47. The van der Waals surface area contributed by atoms with Crippen LogP contribution < -0.4 is 5.32 Å². The molecule has 0 atom stereocenters. The first-order valence-electron chi connectivity index (χ1n) is 6.01. The van der Waals surface area contributed by atoms with Crippen LogP contribution in [0.25, 0.3) is 0 Å². The molecule has 1 aromatic rings. The summed E-state index contributed by atoms with van der Waals surface area (Å²) in [5.74, 6) is -0.641. The highest BCUT2D eigenvalue weighted by atomic mass is 16.4. The predicted molar refractivity (Wildman–Crippen MR) is 67.8 cm³/mol. The maximum Gasteiger partial charge on any atom is 0.339 e. The van der Waals surface area contributed by atoms with Gasteiger partial charge in [-0.05, 0) is 39.4 Å². The highest BCUT2D eigenvalue weighted by molar-refractivity contribution is 5.92. The van der Waals surface area contributed by atoms with Crippen molar-refractivity contribution in [2.45, 2.75) is 24.8 Å². The summed E-state index contributed by atoms with van der Waals surface area (Å²) < 4.78 is 0. The average Bonchev–Trinajstić information content (AvgIpc) is 2.27. The highest BCUT2D eigenvalue weighted by Gasteiger charge is 2.39. The van der Waals surface area contributed by atoms with Crippen molar-refractivity contribution in [3.8, 4) is 0 Å². The third-order valence-corrected chi connectivity index (χ3v) is 3.77. The first kappa shape index (κ1) is 12.8. The number of carboxylic acids is 1. The third-order valence-electron chi connectivity index (χ3n) is 3.77. The van der Waals surface area contributed by atoms with Crippen LogP contribution in [0.2, 0.25) is 0 Å². The average molecular weight is 250 g/mol. The second kappa shape index (κ2) is 4.89. The van der Waals surface area contributed by atoms with Crippen LogP contribution in [0.15, 0.2) is 12.3 Å². The molecular weight excluding hydrogens is 232 g/mol. The van der Waals surface area contributed by atoms with Crippen LogP contribution in [0.3, 0.4) is 0 Å². The summed E-state index contributed by atoms with van der Waals surface area (Å²) in [5.41, 5.74) is 0.283. The molecule has 0 bridgehead atoms. The van der Waals surface area contributed by atoms with Crippen molar-refractivity contribution >= 4 is 11.8 Å². The molecule has 1 aliphatic rings. The fourth-order valence-electron chi connectivity index (χ4n) is 2.25. The monoisotopic (exact) mass is 250 g/mol. The summed E-state index contributed by atoms with van der Waals surface area (Å²) in [7, 11) is 4.10. The number of nitrogens with zero attached hydrogens (tertiary/aromatic N) is 3. The van der Waals surface area contributed by atoms with Crippen LogP contribution in [0.4, 0.5) is 5.82 Å². The summed E-state index contributed by atoms with van der Waals surface area (Å²) in [5, 5.41) is 19.8. The SMILES string of the molecule is CN(C)C1(CNc2nnccc2C(=O)O)CCC1. The Balaban J connectivity index is 2.08. The molecule has 0 unspecified atom stereocenters. The lowest BCUT2D eigenvalue weighted by atomic mass is 9.75. The number of hydrogen-bond acceptors (Lipinski definition) is 5. The quantitative estimate of drug-likeness (QED) is 0.814. The second-order valence-electron chi connectivity index (χ2n) is 4.92. The van der Waals surface area contributed by atoms with E-state index in [2.05, 4.69) is 34.5 Å². The van der Waals surface area contributed by atoms with Gasteiger partial charge in [0.05, 0.1) is 6.20 Å². The highest BCUT2D eigenvalue weighted by Crippen LogP contribution is 2.36. The van der Waals surface area contributed by atoms with Crippen LogP contribution >= 0.6 is 0 Å². The molecule has 0 amide bonds. The summed E-state index contributed by atoms with van der Waals surface area (Å²) in [6.07, 6.45) is 4.84. The van der Waals surface area contributed by atoms with Crippen molar-refractivity contribution < 1.29 is 9.90 Å². The van der Waals surface area contributed by atoms with Crippen LogP contribution in [0.5, 0.6) is 0 Å². The Bertz CT molecular complexity index is 443. The number of rotatable bonds is 5. The van der Waals surface area contributed by atoms with Gasteiger partial charge in [0.1, 0.15) is 5.56 Å². The smallest absolute Gasteiger partial charge is 0.339 e. The van der Waals surface area contributed by atoms with E-state index in [4.69, 9.17) is 5.11 Å². The number of anilines is 1. The van der Waals surface area contributed by atoms with Gasteiger partial charge in [-0.15, -0.1) is 5.10 Å². The van der Waals surface area contributed by atoms with Gasteiger partial charge in [-0.25, -0.2) is 4.79 Å². The van der Waals surface area contributed by atoms with E-state index >= 15 is 0 Å². The molecule has 1 aliphatic carbocycles. The Morgan fingerprint density at radius 3 is 2.78 bits per heavy atom.